The summed E-state index contributed by atoms with van der Waals surface area (Å²) in [6.07, 6.45) is 0. The predicted octanol–water partition coefficient (Wildman–Crippen LogP) is 6.28. The summed E-state index contributed by atoms with van der Waals surface area (Å²) in [6, 6.07) is 22.0. The number of ether oxygens (including phenoxy) is 2. The molecule has 1 amide bonds. The van der Waals surface area contributed by atoms with Crippen LogP contribution in [-0.2, 0) is 11.4 Å². The van der Waals surface area contributed by atoms with E-state index in [1.54, 1.807) is 18.2 Å². The van der Waals surface area contributed by atoms with E-state index >= 15 is 0 Å². The highest BCUT2D eigenvalue weighted by Gasteiger charge is 2.17. The zero-order valence-electron chi connectivity index (χ0n) is 18.8. The van der Waals surface area contributed by atoms with Gasteiger partial charge in [0.15, 0.2) is 11.0 Å². The molecule has 0 saturated carbocycles. The molecule has 180 valence electrons. The van der Waals surface area contributed by atoms with Gasteiger partial charge in [-0.25, -0.2) is 0 Å². The average molecular weight is 529 g/mol. The summed E-state index contributed by atoms with van der Waals surface area (Å²) in [7, 11) is 0. The maximum atomic E-state index is 12.6. The molecule has 1 heterocycles. The fourth-order valence-electron chi connectivity index (χ4n) is 3.18. The highest BCUT2D eigenvalue weighted by molar-refractivity contribution is 7.99. The fourth-order valence-corrected chi connectivity index (χ4v) is 4.29. The molecule has 0 aliphatic carbocycles. The first-order valence-electron chi connectivity index (χ1n) is 10.8. The van der Waals surface area contributed by atoms with E-state index in [-0.39, 0.29) is 18.3 Å². The van der Waals surface area contributed by atoms with Crippen molar-refractivity contribution in [3.8, 4) is 17.2 Å². The number of halogens is 2. The summed E-state index contributed by atoms with van der Waals surface area (Å²) in [6.45, 7) is 2.72. The SMILES string of the molecule is CCOc1ccc(-n2c(COc3ccccc3)nnc2SCC(=O)Nc2cc(Cl)ccc2Cl)cc1. The number of anilines is 1. The smallest absolute Gasteiger partial charge is 0.234 e. The van der Waals surface area contributed by atoms with Crippen LogP contribution >= 0.6 is 35.0 Å². The van der Waals surface area contributed by atoms with E-state index in [1.165, 1.54) is 11.8 Å². The van der Waals surface area contributed by atoms with Gasteiger partial charge in [-0.05, 0) is 61.5 Å². The highest BCUT2D eigenvalue weighted by atomic mass is 35.5. The molecule has 0 atom stereocenters. The quantitative estimate of drug-likeness (QED) is 0.244. The Kier molecular flexibility index (Phi) is 8.52. The van der Waals surface area contributed by atoms with E-state index in [1.807, 2.05) is 66.1 Å². The van der Waals surface area contributed by atoms with Crippen molar-refractivity contribution >= 4 is 46.6 Å². The first-order chi connectivity index (χ1) is 17.0. The number of thioether (sulfide) groups is 1. The van der Waals surface area contributed by atoms with Gasteiger partial charge >= 0.3 is 0 Å². The Balaban J connectivity index is 1.53. The molecule has 1 N–H and O–H groups in total. The van der Waals surface area contributed by atoms with Gasteiger partial charge in [0.1, 0.15) is 18.1 Å². The highest BCUT2D eigenvalue weighted by Crippen LogP contribution is 2.27. The normalized spacial score (nSPS) is 10.7. The van der Waals surface area contributed by atoms with Gasteiger partial charge in [-0.3, -0.25) is 9.36 Å². The van der Waals surface area contributed by atoms with Crippen LogP contribution in [0.2, 0.25) is 10.0 Å². The van der Waals surface area contributed by atoms with Gasteiger partial charge in [-0.15, -0.1) is 10.2 Å². The molecular weight excluding hydrogens is 507 g/mol. The van der Waals surface area contributed by atoms with E-state index in [4.69, 9.17) is 32.7 Å². The van der Waals surface area contributed by atoms with Gasteiger partial charge in [-0.1, -0.05) is 53.2 Å². The topological polar surface area (TPSA) is 78.3 Å². The number of benzene rings is 3. The predicted molar refractivity (Wildman–Crippen MR) is 139 cm³/mol. The molecule has 0 saturated heterocycles. The summed E-state index contributed by atoms with van der Waals surface area (Å²) in [5.74, 6) is 1.93. The Labute approximate surface area is 217 Å². The van der Waals surface area contributed by atoms with Crippen LogP contribution in [0.15, 0.2) is 78.0 Å². The lowest BCUT2D eigenvalue weighted by molar-refractivity contribution is -0.113. The summed E-state index contributed by atoms with van der Waals surface area (Å²) in [5, 5.41) is 12.9. The number of nitrogens with one attached hydrogen (secondary N) is 1. The number of carbonyl (C=O) groups excluding carboxylic acids is 1. The van der Waals surface area contributed by atoms with Gasteiger partial charge < -0.3 is 14.8 Å². The Morgan fingerprint density at radius 1 is 0.971 bits per heavy atom. The number of amides is 1. The van der Waals surface area contributed by atoms with Crippen LogP contribution in [0.5, 0.6) is 11.5 Å². The Morgan fingerprint density at radius 2 is 1.71 bits per heavy atom. The van der Waals surface area contributed by atoms with E-state index in [0.717, 1.165) is 17.2 Å². The van der Waals surface area contributed by atoms with Crippen LogP contribution in [-0.4, -0.2) is 33.0 Å². The lowest BCUT2D eigenvalue weighted by Crippen LogP contribution is -2.15. The zero-order chi connectivity index (χ0) is 24.6. The Hall–Kier alpha value is -3.20. The molecule has 35 heavy (non-hydrogen) atoms. The van der Waals surface area contributed by atoms with Crippen LogP contribution in [0, 0.1) is 0 Å². The van der Waals surface area contributed by atoms with Crippen molar-refractivity contribution in [2.75, 3.05) is 17.7 Å². The zero-order valence-corrected chi connectivity index (χ0v) is 21.1. The third-order valence-corrected chi connectivity index (χ3v) is 6.25. The van der Waals surface area contributed by atoms with Crippen LogP contribution in [0.1, 0.15) is 12.7 Å². The molecule has 10 heteroatoms. The molecule has 3 aromatic carbocycles. The molecule has 0 spiro atoms. The largest absolute Gasteiger partial charge is 0.494 e. The second-order valence-electron chi connectivity index (χ2n) is 7.22. The summed E-state index contributed by atoms with van der Waals surface area (Å²) in [5.41, 5.74) is 1.28. The van der Waals surface area contributed by atoms with Crippen molar-refractivity contribution in [3.05, 3.63) is 88.7 Å². The maximum Gasteiger partial charge on any atom is 0.234 e. The van der Waals surface area contributed by atoms with Gasteiger partial charge in [0.05, 0.1) is 23.1 Å². The molecule has 4 rings (SSSR count). The van der Waals surface area contributed by atoms with Crippen LogP contribution in [0.3, 0.4) is 0 Å². The minimum absolute atomic E-state index is 0.0948. The first kappa shape index (κ1) is 24.9. The number of aromatic nitrogens is 3. The minimum atomic E-state index is -0.248. The molecule has 0 radical (unpaired) electrons. The summed E-state index contributed by atoms with van der Waals surface area (Å²) in [4.78, 5) is 12.6. The molecular formula is C25H22Cl2N4O3S. The first-order valence-corrected chi connectivity index (χ1v) is 12.5. The molecule has 0 unspecified atom stereocenters. The number of carbonyl (C=O) groups is 1. The van der Waals surface area contributed by atoms with Crippen molar-refractivity contribution in [2.45, 2.75) is 18.7 Å². The van der Waals surface area contributed by atoms with Crippen molar-refractivity contribution in [1.29, 1.82) is 0 Å². The average Bonchev–Trinajstić information content (AvgIpc) is 3.28. The van der Waals surface area contributed by atoms with Gasteiger partial charge in [0, 0.05) is 10.7 Å². The Morgan fingerprint density at radius 3 is 2.46 bits per heavy atom. The van der Waals surface area contributed by atoms with Crippen LogP contribution < -0.4 is 14.8 Å². The van der Waals surface area contributed by atoms with Crippen LogP contribution in [0.4, 0.5) is 5.69 Å². The monoisotopic (exact) mass is 528 g/mol. The van der Waals surface area contributed by atoms with Gasteiger partial charge in [-0.2, -0.15) is 0 Å². The van der Waals surface area contributed by atoms with Crippen molar-refractivity contribution in [2.24, 2.45) is 0 Å². The van der Waals surface area contributed by atoms with Crippen molar-refractivity contribution in [3.63, 3.8) is 0 Å². The van der Waals surface area contributed by atoms with E-state index in [9.17, 15) is 4.79 Å². The maximum absolute atomic E-state index is 12.6. The van der Waals surface area contributed by atoms with Gasteiger partial charge in [0.2, 0.25) is 5.91 Å². The van der Waals surface area contributed by atoms with E-state index in [2.05, 4.69) is 15.5 Å². The molecule has 0 bridgehead atoms. The molecule has 1 aromatic heterocycles. The second kappa shape index (κ2) is 12.0. The number of para-hydroxylation sites is 1. The van der Waals surface area contributed by atoms with Crippen molar-refractivity contribution < 1.29 is 14.3 Å². The summed E-state index contributed by atoms with van der Waals surface area (Å²) >= 11 is 13.4. The van der Waals surface area contributed by atoms with Crippen molar-refractivity contribution in [1.82, 2.24) is 14.8 Å². The molecule has 4 aromatic rings. The number of nitrogens with zero attached hydrogens (tertiary/aromatic N) is 3. The second-order valence-corrected chi connectivity index (χ2v) is 9.01. The lowest BCUT2D eigenvalue weighted by atomic mass is 10.3. The van der Waals surface area contributed by atoms with Gasteiger partial charge in [0.25, 0.3) is 0 Å². The fraction of sp³-hybridized carbons (Fsp3) is 0.160. The van der Waals surface area contributed by atoms with Crippen LogP contribution in [0.25, 0.3) is 5.69 Å². The minimum Gasteiger partial charge on any atom is -0.494 e. The number of hydrogen-bond donors (Lipinski definition) is 1. The number of hydrogen-bond acceptors (Lipinski definition) is 6. The third-order valence-electron chi connectivity index (χ3n) is 4.75. The molecule has 7 nitrogen and oxygen atoms in total. The Bertz CT molecular complexity index is 1280. The lowest BCUT2D eigenvalue weighted by Gasteiger charge is -2.12. The molecule has 0 aliphatic rings. The third kappa shape index (κ3) is 6.69. The summed E-state index contributed by atoms with van der Waals surface area (Å²) < 4.78 is 13.3. The standard InChI is InChI=1S/C25H22Cl2N4O3S/c1-2-33-20-11-9-18(10-12-20)31-23(15-34-19-6-4-3-5-7-19)29-30-25(31)35-16-24(32)28-22-14-17(26)8-13-21(22)27/h3-14H,2,15-16H2,1H3,(H,28,32). The molecule has 0 aliphatic heterocycles. The number of rotatable bonds is 10. The van der Waals surface area contributed by atoms with E-state index in [0.29, 0.717) is 33.3 Å². The van der Waals surface area contributed by atoms with E-state index < -0.39 is 0 Å². The molecule has 0 fully saturated rings.